The molecule has 2 heterocycles. The number of aromatic nitrogens is 1. The summed E-state index contributed by atoms with van der Waals surface area (Å²) in [4.78, 5) is 3.43. The van der Waals surface area contributed by atoms with Crippen LogP contribution in [0.4, 0.5) is 0 Å². The number of benzene rings is 2. The standard InChI is InChI=1S/C25H34N3O2S.BrH/c1-19(21-7-5-4-6-8-21)28(3)14-11-22(12-15-28)24-18-27-25-10-9-20(17-23(24)25)13-16-31(29,30)26-2;/h4-10,17-19,22,26-27H,11-16H2,1-3H3;1H/q+1;/p-1. The van der Waals surface area contributed by atoms with Crippen LogP contribution in [0, 0.1) is 0 Å². The van der Waals surface area contributed by atoms with Gasteiger partial charge in [0, 0.05) is 35.5 Å². The maximum Gasteiger partial charge on any atom is 0.211 e. The van der Waals surface area contributed by atoms with Gasteiger partial charge in [0.2, 0.25) is 10.0 Å². The van der Waals surface area contributed by atoms with E-state index in [1.54, 1.807) is 0 Å². The Bertz CT molecular complexity index is 1140. The molecule has 1 aliphatic heterocycles. The van der Waals surface area contributed by atoms with Crippen LogP contribution < -0.4 is 21.7 Å². The third kappa shape index (κ3) is 5.28. The molecule has 0 radical (unpaired) electrons. The fourth-order valence-corrected chi connectivity index (χ4v) is 5.69. The molecule has 7 heteroatoms. The largest absolute Gasteiger partial charge is 1.00 e. The smallest absolute Gasteiger partial charge is 0.211 e. The summed E-state index contributed by atoms with van der Waals surface area (Å²) < 4.78 is 27.1. The molecule has 2 aromatic carbocycles. The van der Waals surface area contributed by atoms with Gasteiger partial charge in [0.15, 0.2) is 0 Å². The van der Waals surface area contributed by atoms with Crippen molar-refractivity contribution in [2.24, 2.45) is 0 Å². The van der Waals surface area contributed by atoms with Crippen LogP contribution in [0.1, 0.15) is 48.4 Å². The van der Waals surface area contributed by atoms with E-state index in [0.29, 0.717) is 18.4 Å². The summed E-state index contributed by atoms with van der Waals surface area (Å²) in [7, 11) is 0.669. The molecule has 1 atom stereocenters. The van der Waals surface area contributed by atoms with Gasteiger partial charge in [-0.25, -0.2) is 13.1 Å². The van der Waals surface area contributed by atoms with E-state index in [1.807, 2.05) is 6.07 Å². The molecule has 32 heavy (non-hydrogen) atoms. The van der Waals surface area contributed by atoms with Gasteiger partial charge < -0.3 is 26.4 Å². The molecule has 1 aliphatic rings. The molecular formula is C25H34BrN3O2S. The average molecular weight is 521 g/mol. The predicted octanol–water partition coefficient (Wildman–Crippen LogP) is 1.35. The lowest BCUT2D eigenvalue weighted by Gasteiger charge is -2.45. The molecule has 0 saturated carbocycles. The van der Waals surface area contributed by atoms with Crippen LogP contribution in [0.3, 0.4) is 0 Å². The van der Waals surface area contributed by atoms with E-state index < -0.39 is 10.0 Å². The number of rotatable bonds is 7. The van der Waals surface area contributed by atoms with Crippen LogP contribution in [-0.2, 0) is 16.4 Å². The zero-order chi connectivity index (χ0) is 22.1. The third-order valence-electron chi connectivity index (χ3n) is 7.38. The number of fused-ring (bicyclic) bond motifs is 1. The highest BCUT2D eigenvalue weighted by Gasteiger charge is 2.36. The first-order valence-corrected chi connectivity index (χ1v) is 12.9. The molecule has 2 N–H and O–H groups in total. The van der Waals surface area contributed by atoms with E-state index >= 15 is 0 Å². The van der Waals surface area contributed by atoms with Crippen molar-refractivity contribution in [2.45, 2.75) is 38.1 Å². The van der Waals surface area contributed by atoms with Crippen molar-refractivity contribution in [3.05, 3.63) is 71.4 Å². The van der Waals surface area contributed by atoms with Gasteiger partial charge in [-0.2, -0.15) is 0 Å². The van der Waals surface area contributed by atoms with Crippen LogP contribution in [0.15, 0.2) is 54.7 Å². The van der Waals surface area contributed by atoms with E-state index in [0.717, 1.165) is 28.7 Å². The van der Waals surface area contributed by atoms with Crippen molar-refractivity contribution in [3.8, 4) is 0 Å². The van der Waals surface area contributed by atoms with E-state index in [-0.39, 0.29) is 22.7 Å². The highest BCUT2D eigenvalue weighted by molar-refractivity contribution is 7.89. The summed E-state index contributed by atoms with van der Waals surface area (Å²) in [5, 5.41) is 1.25. The van der Waals surface area contributed by atoms with Crippen molar-refractivity contribution < 1.29 is 29.9 Å². The van der Waals surface area contributed by atoms with Crippen molar-refractivity contribution in [3.63, 3.8) is 0 Å². The van der Waals surface area contributed by atoms with Crippen molar-refractivity contribution >= 4 is 20.9 Å². The molecule has 5 nitrogen and oxygen atoms in total. The summed E-state index contributed by atoms with van der Waals surface area (Å²) in [6.45, 7) is 4.67. The van der Waals surface area contributed by atoms with Crippen LogP contribution in [0.2, 0.25) is 0 Å². The molecule has 1 fully saturated rings. The number of halogens is 1. The number of hydrogen-bond donors (Lipinski definition) is 2. The number of H-pyrrole nitrogens is 1. The van der Waals surface area contributed by atoms with Gasteiger partial charge in [0.05, 0.1) is 25.9 Å². The fourth-order valence-electron chi connectivity index (χ4n) is 4.98. The second-order valence-electron chi connectivity index (χ2n) is 9.18. The first-order chi connectivity index (χ1) is 14.8. The Hall–Kier alpha value is -1.67. The Kier molecular flexibility index (Phi) is 7.86. The number of aryl methyl sites for hydroxylation is 1. The molecule has 4 rings (SSSR count). The Morgan fingerprint density at radius 3 is 2.47 bits per heavy atom. The van der Waals surface area contributed by atoms with Crippen LogP contribution in [0.25, 0.3) is 10.9 Å². The summed E-state index contributed by atoms with van der Waals surface area (Å²) in [5.74, 6) is 0.657. The predicted molar refractivity (Wildman–Crippen MR) is 128 cm³/mol. The number of likely N-dealkylation sites (tertiary alicyclic amines) is 1. The molecule has 0 bridgehead atoms. The topological polar surface area (TPSA) is 62.0 Å². The number of nitrogens with zero attached hydrogens (tertiary/aromatic N) is 1. The van der Waals surface area contributed by atoms with Gasteiger partial charge >= 0.3 is 0 Å². The Morgan fingerprint density at radius 2 is 1.81 bits per heavy atom. The normalized spacial score (nSPS) is 22.4. The van der Waals surface area contributed by atoms with E-state index in [2.05, 4.69) is 72.3 Å². The van der Waals surface area contributed by atoms with E-state index in [9.17, 15) is 8.42 Å². The molecule has 0 spiro atoms. The zero-order valence-electron chi connectivity index (χ0n) is 19.1. The lowest BCUT2D eigenvalue weighted by Crippen LogP contribution is -3.00. The van der Waals surface area contributed by atoms with E-state index in [4.69, 9.17) is 0 Å². The highest BCUT2D eigenvalue weighted by Crippen LogP contribution is 2.39. The Morgan fingerprint density at radius 1 is 1.12 bits per heavy atom. The Labute approximate surface area is 202 Å². The average Bonchev–Trinajstić information content (AvgIpc) is 3.21. The zero-order valence-corrected chi connectivity index (χ0v) is 21.5. The number of nitrogens with one attached hydrogen (secondary N) is 2. The molecule has 0 aliphatic carbocycles. The van der Waals surface area contributed by atoms with Gasteiger partial charge in [0.1, 0.15) is 6.04 Å². The maximum atomic E-state index is 11.8. The van der Waals surface area contributed by atoms with Gasteiger partial charge in [-0.05, 0) is 49.6 Å². The lowest BCUT2D eigenvalue weighted by atomic mass is 9.86. The van der Waals surface area contributed by atoms with Crippen molar-refractivity contribution in [1.82, 2.24) is 9.71 Å². The summed E-state index contributed by atoms with van der Waals surface area (Å²) in [6.07, 6.45) is 5.02. The van der Waals surface area contributed by atoms with Gasteiger partial charge in [-0.3, -0.25) is 0 Å². The SMILES string of the molecule is CNS(=O)(=O)CCc1ccc2[nH]cc(C3CC[N+](C)(C(C)c4ccccc4)CC3)c2c1.[Br-]. The lowest BCUT2D eigenvalue weighted by molar-refractivity contribution is -0.942. The minimum absolute atomic E-state index is 0. The molecule has 0 amide bonds. The Balaban J connectivity index is 0.00000289. The molecule has 174 valence electrons. The van der Waals surface area contributed by atoms with Crippen LogP contribution >= 0.6 is 0 Å². The number of sulfonamides is 1. The first-order valence-electron chi connectivity index (χ1n) is 11.2. The fraction of sp³-hybridized carbons (Fsp3) is 0.440. The second-order valence-corrected chi connectivity index (χ2v) is 11.2. The summed E-state index contributed by atoms with van der Waals surface area (Å²) >= 11 is 0. The summed E-state index contributed by atoms with van der Waals surface area (Å²) in [6, 6.07) is 17.6. The number of quaternary nitrogens is 1. The van der Waals surface area contributed by atoms with Gasteiger partial charge in [-0.15, -0.1) is 0 Å². The van der Waals surface area contributed by atoms with Gasteiger partial charge in [0.25, 0.3) is 0 Å². The van der Waals surface area contributed by atoms with Gasteiger partial charge in [-0.1, -0.05) is 36.4 Å². The molecule has 1 unspecified atom stereocenters. The molecule has 3 aromatic rings. The minimum atomic E-state index is -3.19. The monoisotopic (exact) mass is 519 g/mol. The minimum Gasteiger partial charge on any atom is -1.00 e. The summed E-state index contributed by atoms with van der Waals surface area (Å²) in [5.41, 5.74) is 5.00. The second kappa shape index (κ2) is 10.1. The highest BCUT2D eigenvalue weighted by atomic mass is 79.9. The molecule has 1 aromatic heterocycles. The third-order valence-corrected chi connectivity index (χ3v) is 8.75. The van der Waals surface area contributed by atoms with Crippen LogP contribution in [0.5, 0.6) is 0 Å². The quantitative estimate of drug-likeness (QED) is 0.463. The molecule has 1 saturated heterocycles. The number of hydrogen-bond acceptors (Lipinski definition) is 2. The van der Waals surface area contributed by atoms with Crippen molar-refractivity contribution in [2.75, 3.05) is 32.9 Å². The van der Waals surface area contributed by atoms with E-state index in [1.165, 1.54) is 36.4 Å². The first kappa shape index (κ1) is 25.0. The molecular weight excluding hydrogens is 486 g/mol. The number of piperidine rings is 1. The van der Waals surface area contributed by atoms with Crippen LogP contribution in [-0.4, -0.2) is 50.8 Å². The van der Waals surface area contributed by atoms with Crippen molar-refractivity contribution in [1.29, 1.82) is 0 Å². The maximum absolute atomic E-state index is 11.8. The number of aromatic amines is 1.